The number of carbonyl (C=O) groups excluding carboxylic acids is 3. The van der Waals surface area contributed by atoms with Gasteiger partial charge < -0.3 is 20.7 Å². The first-order valence-electron chi connectivity index (χ1n) is 9.26. The van der Waals surface area contributed by atoms with E-state index in [4.69, 9.17) is 4.74 Å². The molecule has 0 bridgehead atoms. The van der Waals surface area contributed by atoms with E-state index in [2.05, 4.69) is 27.4 Å². The molecule has 8 heteroatoms. The Hall–Kier alpha value is -2.87. The number of nitrogens with zero attached hydrogens (tertiary/aromatic N) is 1. The normalized spacial score (nSPS) is 16.3. The van der Waals surface area contributed by atoms with Crippen molar-refractivity contribution in [1.82, 2.24) is 10.2 Å². The highest BCUT2D eigenvalue weighted by Gasteiger charge is 2.25. The Labute approximate surface area is 165 Å². The summed E-state index contributed by atoms with van der Waals surface area (Å²) < 4.78 is 5.33. The van der Waals surface area contributed by atoms with Gasteiger partial charge >= 0.3 is 0 Å². The molecular weight excluding hydrogens is 360 g/mol. The van der Waals surface area contributed by atoms with E-state index < -0.39 is 0 Å². The predicted octanol–water partition coefficient (Wildman–Crippen LogP) is 1.99. The minimum atomic E-state index is -0.311. The standard InChI is InChI=1S/C20H28N4O4/c1-5-8-24-9-6-7-15(24)12-21-20(27)16-10-17(22-13(2)25)18(23-14(3)26)11-19(16)28-4/h5,10-11,15H,1,6-9,12H2,2-4H3,(H,21,27)(H,22,25)(H,23,26). The summed E-state index contributed by atoms with van der Waals surface area (Å²) in [5, 5.41) is 8.22. The molecule has 0 aliphatic carbocycles. The van der Waals surface area contributed by atoms with Crippen molar-refractivity contribution >= 4 is 29.1 Å². The molecule has 0 aromatic heterocycles. The fraction of sp³-hybridized carbons (Fsp3) is 0.450. The van der Waals surface area contributed by atoms with Crippen LogP contribution in [0.1, 0.15) is 37.0 Å². The number of likely N-dealkylation sites (tertiary alicyclic amines) is 1. The monoisotopic (exact) mass is 388 g/mol. The Bertz CT molecular complexity index is 763. The predicted molar refractivity (Wildman–Crippen MR) is 109 cm³/mol. The van der Waals surface area contributed by atoms with Crippen LogP contribution in [0.25, 0.3) is 0 Å². The van der Waals surface area contributed by atoms with Gasteiger partial charge in [0.1, 0.15) is 5.75 Å². The van der Waals surface area contributed by atoms with Crippen LogP contribution in [0, 0.1) is 0 Å². The van der Waals surface area contributed by atoms with E-state index in [0.717, 1.165) is 25.9 Å². The molecule has 3 amide bonds. The Balaban J connectivity index is 2.22. The molecule has 1 fully saturated rings. The zero-order chi connectivity index (χ0) is 20.7. The maximum absolute atomic E-state index is 12.8. The lowest BCUT2D eigenvalue weighted by atomic mass is 10.1. The summed E-state index contributed by atoms with van der Waals surface area (Å²) in [7, 11) is 1.45. The average Bonchev–Trinajstić information content (AvgIpc) is 3.07. The lowest BCUT2D eigenvalue weighted by Crippen LogP contribution is -2.40. The van der Waals surface area contributed by atoms with Crippen molar-refractivity contribution in [3.63, 3.8) is 0 Å². The molecule has 152 valence electrons. The largest absolute Gasteiger partial charge is 0.496 e. The number of methoxy groups -OCH3 is 1. The SMILES string of the molecule is C=CCN1CCCC1CNC(=O)c1cc(NC(C)=O)c(NC(C)=O)cc1OC. The molecule has 28 heavy (non-hydrogen) atoms. The Kier molecular flexibility index (Phi) is 7.57. The van der Waals surface area contributed by atoms with E-state index in [1.807, 2.05) is 6.08 Å². The molecule has 1 aromatic carbocycles. The van der Waals surface area contributed by atoms with Gasteiger partial charge in [0.15, 0.2) is 0 Å². The Morgan fingerprint density at radius 2 is 1.86 bits per heavy atom. The fourth-order valence-corrected chi connectivity index (χ4v) is 3.35. The third-order valence-corrected chi connectivity index (χ3v) is 4.57. The number of nitrogens with one attached hydrogen (secondary N) is 3. The van der Waals surface area contributed by atoms with Crippen LogP contribution in [0.4, 0.5) is 11.4 Å². The molecular formula is C20H28N4O4. The van der Waals surface area contributed by atoms with Crippen molar-refractivity contribution in [2.45, 2.75) is 32.7 Å². The lowest BCUT2D eigenvalue weighted by molar-refractivity contribution is -0.115. The molecule has 1 saturated heterocycles. The summed E-state index contributed by atoms with van der Waals surface area (Å²) in [5.74, 6) is -0.600. The molecule has 1 aliphatic rings. The van der Waals surface area contributed by atoms with E-state index in [9.17, 15) is 14.4 Å². The molecule has 0 spiro atoms. The Morgan fingerprint density at radius 1 is 1.21 bits per heavy atom. The van der Waals surface area contributed by atoms with Crippen molar-refractivity contribution in [3.8, 4) is 5.75 Å². The number of rotatable bonds is 8. The number of carbonyl (C=O) groups is 3. The zero-order valence-electron chi connectivity index (χ0n) is 16.6. The fourth-order valence-electron chi connectivity index (χ4n) is 3.35. The van der Waals surface area contributed by atoms with Gasteiger partial charge in [-0.25, -0.2) is 0 Å². The van der Waals surface area contributed by atoms with Crippen LogP contribution >= 0.6 is 0 Å². The average molecular weight is 388 g/mol. The van der Waals surface area contributed by atoms with Gasteiger partial charge in [-0.3, -0.25) is 19.3 Å². The first-order chi connectivity index (χ1) is 13.3. The molecule has 1 atom stereocenters. The third-order valence-electron chi connectivity index (χ3n) is 4.57. The summed E-state index contributed by atoms with van der Waals surface area (Å²) in [6.07, 6.45) is 3.98. The van der Waals surface area contributed by atoms with Crippen LogP contribution in [0.15, 0.2) is 24.8 Å². The van der Waals surface area contributed by atoms with E-state index >= 15 is 0 Å². The minimum Gasteiger partial charge on any atom is -0.496 e. The number of ether oxygens (including phenoxy) is 1. The maximum Gasteiger partial charge on any atom is 0.255 e. The van der Waals surface area contributed by atoms with E-state index in [-0.39, 0.29) is 29.3 Å². The van der Waals surface area contributed by atoms with Crippen molar-refractivity contribution < 1.29 is 19.1 Å². The smallest absolute Gasteiger partial charge is 0.255 e. The summed E-state index contributed by atoms with van der Waals surface area (Å²) in [6, 6.07) is 3.31. The van der Waals surface area contributed by atoms with Gasteiger partial charge in [-0.1, -0.05) is 6.08 Å². The number of benzene rings is 1. The van der Waals surface area contributed by atoms with Crippen molar-refractivity contribution in [1.29, 1.82) is 0 Å². The second kappa shape index (κ2) is 9.89. The summed E-state index contributed by atoms with van der Waals surface area (Å²) >= 11 is 0. The number of hydrogen-bond acceptors (Lipinski definition) is 5. The number of anilines is 2. The highest BCUT2D eigenvalue weighted by Crippen LogP contribution is 2.31. The van der Waals surface area contributed by atoms with Gasteiger partial charge in [0.2, 0.25) is 11.8 Å². The highest BCUT2D eigenvalue weighted by molar-refractivity contribution is 6.04. The molecule has 1 aliphatic heterocycles. The quantitative estimate of drug-likeness (QED) is 0.592. The van der Waals surface area contributed by atoms with E-state index in [1.54, 1.807) is 0 Å². The van der Waals surface area contributed by atoms with E-state index in [0.29, 0.717) is 23.7 Å². The van der Waals surface area contributed by atoms with Crippen LogP contribution in [0.3, 0.4) is 0 Å². The maximum atomic E-state index is 12.8. The zero-order valence-corrected chi connectivity index (χ0v) is 16.6. The molecule has 0 radical (unpaired) electrons. The number of hydrogen-bond donors (Lipinski definition) is 3. The molecule has 1 aromatic rings. The first-order valence-corrected chi connectivity index (χ1v) is 9.26. The second-order valence-electron chi connectivity index (χ2n) is 6.75. The molecule has 8 nitrogen and oxygen atoms in total. The highest BCUT2D eigenvalue weighted by atomic mass is 16.5. The van der Waals surface area contributed by atoms with Crippen LogP contribution in [0.2, 0.25) is 0 Å². The molecule has 1 heterocycles. The third kappa shape index (κ3) is 5.56. The first kappa shape index (κ1) is 21.4. The van der Waals surface area contributed by atoms with Crippen LogP contribution in [0.5, 0.6) is 5.75 Å². The van der Waals surface area contributed by atoms with Gasteiger partial charge in [0, 0.05) is 39.0 Å². The Morgan fingerprint density at radius 3 is 2.43 bits per heavy atom. The van der Waals surface area contributed by atoms with Crippen LogP contribution in [-0.4, -0.2) is 55.4 Å². The van der Waals surface area contributed by atoms with E-state index in [1.165, 1.54) is 33.1 Å². The van der Waals surface area contributed by atoms with Crippen molar-refractivity contribution in [2.75, 3.05) is 37.4 Å². The van der Waals surface area contributed by atoms with Crippen molar-refractivity contribution in [2.24, 2.45) is 0 Å². The van der Waals surface area contributed by atoms with Gasteiger partial charge in [0.05, 0.1) is 24.0 Å². The summed E-state index contributed by atoms with van der Waals surface area (Å²) in [4.78, 5) is 38.0. The van der Waals surface area contributed by atoms with Gasteiger partial charge in [-0.15, -0.1) is 6.58 Å². The van der Waals surface area contributed by atoms with Crippen LogP contribution < -0.4 is 20.7 Å². The van der Waals surface area contributed by atoms with Gasteiger partial charge in [-0.2, -0.15) is 0 Å². The van der Waals surface area contributed by atoms with Gasteiger partial charge in [0.25, 0.3) is 5.91 Å². The molecule has 3 N–H and O–H groups in total. The van der Waals surface area contributed by atoms with Crippen LogP contribution in [-0.2, 0) is 9.59 Å². The van der Waals surface area contributed by atoms with Crippen molar-refractivity contribution in [3.05, 3.63) is 30.4 Å². The molecule has 2 rings (SSSR count). The lowest BCUT2D eigenvalue weighted by Gasteiger charge is -2.23. The van der Waals surface area contributed by atoms with Gasteiger partial charge in [-0.05, 0) is 25.5 Å². The molecule has 0 saturated carbocycles. The number of amides is 3. The topological polar surface area (TPSA) is 99.8 Å². The summed E-state index contributed by atoms with van der Waals surface area (Å²) in [5.41, 5.74) is 0.987. The minimum absolute atomic E-state index is 0.265. The second-order valence-corrected chi connectivity index (χ2v) is 6.75. The summed E-state index contributed by atoms with van der Waals surface area (Å²) in [6.45, 7) is 8.80. The molecule has 1 unspecified atom stereocenters.